The Hall–Kier alpha value is -1.82. The molecule has 0 bridgehead atoms. The third-order valence-electron chi connectivity index (χ3n) is 3.90. The molecule has 6 heteroatoms. The van der Waals surface area contributed by atoms with Gasteiger partial charge in [0.2, 0.25) is 11.7 Å². The third kappa shape index (κ3) is 3.50. The van der Waals surface area contributed by atoms with Gasteiger partial charge in [-0.15, -0.1) is 5.06 Å². The lowest BCUT2D eigenvalue weighted by Crippen LogP contribution is -2.64. The average molecular weight is 308 g/mol. The maximum absolute atomic E-state index is 12.2. The Kier molecular flexibility index (Phi) is 4.33. The first kappa shape index (κ1) is 16.5. The van der Waals surface area contributed by atoms with Gasteiger partial charge >= 0.3 is 5.97 Å². The Morgan fingerprint density at radius 2 is 1.86 bits per heavy atom. The second-order valence-corrected chi connectivity index (χ2v) is 7.08. The van der Waals surface area contributed by atoms with Crippen molar-refractivity contribution in [2.24, 2.45) is 0 Å². The van der Waals surface area contributed by atoms with E-state index < -0.39 is 17.0 Å². The van der Waals surface area contributed by atoms with E-state index >= 15 is 0 Å². The summed E-state index contributed by atoms with van der Waals surface area (Å²) in [5.74, 6) is -0.377. The highest BCUT2D eigenvalue weighted by Gasteiger charge is 2.48. The van der Waals surface area contributed by atoms with E-state index in [-0.39, 0.29) is 17.7 Å². The predicted octanol–water partition coefficient (Wildman–Crippen LogP) is 2.51. The van der Waals surface area contributed by atoms with Crippen molar-refractivity contribution in [1.82, 2.24) is 10.4 Å². The van der Waals surface area contributed by atoms with Crippen LogP contribution in [0.3, 0.4) is 0 Å². The van der Waals surface area contributed by atoms with Crippen LogP contribution in [0.5, 0.6) is 0 Å². The molecule has 1 aromatic heterocycles. The summed E-state index contributed by atoms with van der Waals surface area (Å²) < 4.78 is 5.09. The molecule has 2 heterocycles. The molecule has 1 aliphatic heterocycles. The molecule has 122 valence electrons. The zero-order valence-corrected chi connectivity index (χ0v) is 13.8. The predicted molar refractivity (Wildman–Crippen MR) is 81.0 cm³/mol. The summed E-state index contributed by atoms with van der Waals surface area (Å²) in [5, 5.41) is 4.70. The molecule has 6 nitrogen and oxygen atoms in total. The fourth-order valence-corrected chi connectivity index (χ4v) is 3.42. The van der Waals surface area contributed by atoms with Gasteiger partial charge < -0.3 is 14.6 Å². The average Bonchev–Trinajstić information content (AvgIpc) is 2.85. The highest BCUT2D eigenvalue weighted by molar-refractivity contribution is 5.86. The Balaban J connectivity index is 2.16. The molecule has 1 aliphatic rings. The number of hydrogen-bond donors (Lipinski definition) is 1. The molecule has 2 rings (SSSR count). The third-order valence-corrected chi connectivity index (χ3v) is 3.90. The number of rotatable bonds is 3. The number of carbonyl (C=O) groups excluding carboxylic acids is 2. The van der Waals surface area contributed by atoms with Gasteiger partial charge in [0.1, 0.15) is 0 Å². The van der Waals surface area contributed by atoms with Crippen molar-refractivity contribution >= 4 is 11.9 Å². The van der Waals surface area contributed by atoms with Gasteiger partial charge in [0.05, 0.1) is 17.3 Å². The van der Waals surface area contributed by atoms with Gasteiger partial charge in [-0.25, -0.2) is 4.79 Å². The molecule has 1 fully saturated rings. The molecule has 1 saturated heterocycles. The molecule has 0 atom stereocenters. The van der Waals surface area contributed by atoms with Crippen molar-refractivity contribution in [2.45, 2.75) is 64.6 Å². The van der Waals surface area contributed by atoms with E-state index in [0.717, 1.165) is 0 Å². The van der Waals surface area contributed by atoms with Gasteiger partial charge in [0.25, 0.3) is 0 Å². The van der Waals surface area contributed by atoms with Crippen molar-refractivity contribution in [3.8, 4) is 0 Å². The zero-order chi connectivity index (χ0) is 16.5. The van der Waals surface area contributed by atoms with E-state index in [9.17, 15) is 9.59 Å². The number of furan rings is 1. The minimum atomic E-state index is -0.510. The summed E-state index contributed by atoms with van der Waals surface area (Å²) in [6.45, 7) is 9.51. The quantitative estimate of drug-likeness (QED) is 0.929. The fraction of sp³-hybridized carbons (Fsp3) is 0.625. The molecule has 1 aromatic rings. The van der Waals surface area contributed by atoms with Crippen LogP contribution in [0.4, 0.5) is 0 Å². The molecule has 1 N–H and O–H groups in total. The molecular formula is C16H24N2O4. The Bertz CT molecular complexity index is 531. The lowest BCUT2D eigenvalue weighted by atomic mass is 9.79. The normalized spacial score (nSPS) is 21.3. The van der Waals surface area contributed by atoms with Crippen LogP contribution >= 0.6 is 0 Å². The fourth-order valence-electron chi connectivity index (χ4n) is 3.42. The Labute approximate surface area is 130 Å². The molecule has 0 aliphatic carbocycles. The summed E-state index contributed by atoms with van der Waals surface area (Å²) in [5.41, 5.74) is -0.811. The van der Waals surface area contributed by atoms with Crippen molar-refractivity contribution in [1.29, 1.82) is 0 Å². The molecule has 1 amide bonds. The number of carbonyl (C=O) groups is 2. The summed E-state index contributed by atoms with van der Waals surface area (Å²) in [6, 6.07) is 3.28. The van der Waals surface area contributed by atoms with Gasteiger partial charge in [-0.3, -0.25) is 4.79 Å². The van der Waals surface area contributed by atoms with E-state index in [0.29, 0.717) is 12.8 Å². The number of nitrogens with one attached hydrogen (secondary N) is 1. The molecule has 0 unspecified atom stereocenters. The monoisotopic (exact) mass is 308 g/mol. The number of hydroxylamine groups is 2. The van der Waals surface area contributed by atoms with E-state index in [1.807, 2.05) is 27.7 Å². The minimum Gasteiger partial charge on any atom is -0.457 e. The van der Waals surface area contributed by atoms with Crippen LogP contribution in [0.1, 0.15) is 58.0 Å². The smallest absolute Gasteiger partial charge is 0.393 e. The van der Waals surface area contributed by atoms with Crippen LogP contribution < -0.4 is 5.32 Å². The van der Waals surface area contributed by atoms with Crippen LogP contribution in [0.15, 0.2) is 22.8 Å². The number of piperidine rings is 1. The van der Waals surface area contributed by atoms with Crippen molar-refractivity contribution in [2.75, 3.05) is 0 Å². The van der Waals surface area contributed by atoms with Crippen LogP contribution in [0.25, 0.3) is 0 Å². The van der Waals surface area contributed by atoms with Gasteiger partial charge in [-0.1, -0.05) is 0 Å². The standard InChI is InChI=1S/C16H24N2O4/c1-11(19)17-12-9-15(2,3)18(16(4,5)10-12)22-14(20)13-7-6-8-21-13/h6-8,12H,9-10H2,1-5H3,(H,17,19). The first-order valence-corrected chi connectivity index (χ1v) is 7.45. The molecule has 0 radical (unpaired) electrons. The second kappa shape index (κ2) is 5.76. The van der Waals surface area contributed by atoms with Gasteiger partial charge in [0.15, 0.2) is 0 Å². The molecular weight excluding hydrogens is 284 g/mol. The first-order valence-electron chi connectivity index (χ1n) is 7.45. The molecule has 0 aromatic carbocycles. The molecule has 0 saturated carbocycles. The number of amides is 1. The van der Waals surface area contributed by atoms with Crippen LogP contribution in [-0.2, 0) is 9.63 Å². The van der Waals surface area contributed by atoms with E-state index in [2.05, 4.69) is 5.32 Å². The maximum atomic E-state index is 12.2. The Morgan fingerprint density at radius 3 is 2.32 bits per heavy atom. The molecule has 0 spiro atoms. The summed E-state index contributed by atoms with van der Waals surface area (Å²) in [4.78, 5) is 29.1. The second-order valence-electron chi connectivity index (χ2n) is 7.08. The minimum absolute atomic E-state index is 0.0439. The highest BCUT2D eigenvalue weighted by atomic mass is 16.7. The van der Waals surface area contributed by atoms with Crippen LogP contribution in [0, 0.1) is 0 Å². The SMILES string of the molecule is CC(=O)NC1CC(C)(C)N(OC(=O)c2ccco2)C(C)(C)C1. The van der Waals surface area contributed by atoms with Gasteiger partial charge in [-0.05, 0) is 52.7 Å². The van der Waals surface area contributed by atoms with Crippen molar-refractivity contribution in [3.05, 3.63) is 24.2 Å². The highest BCUT2D eigenvalue weighted by Crippen LogP contribution is 2.39. The van der Waals surface area contributed by atoms with E-state index in [1.165, 1.54) is 13.2 Å². The lowest BCUT2D eigenvalue weighted by molar-refractivity contribution is -0.245. The van der Waals surface area contributed by atoms with Crippen molar-refractivity contribution in [3.63, 3.8) is 0 Å². The maximum Gasteiger partial charge on any atom is 0.393 e. The summed E-state index contributed by atoms with van der Waals surface area (Å²) >= 11 is 0. The van der Waals surface area contributed by atoms with Gasteiger partial charge in [-0.2, -0.15) is 0 Å². The van der Waals surface area contributed by atoms with Crippen LogP contribution in [0.2, 0.25) is 0 Å². The lowest BCUT2D eigenvalue weighted by Gasteiger charge is -2.52. The van der Waals surface area contributed by atoms with E-state index in [4.69, 9.17) is 9.25 Å². The summed E-state index contributed by atoms with van der Waals surface area (Å²) in [7, 11) is 0. The largest absolute Gasteiger partial charge is 0.457 e. The van der Waals surface area contributed by atoms with E-state index in [1.54, 1.807) is 17.2 Å². The zero-order valence-electron chi connectivity index (χ0n) is 13.8. The topological polar surface area (TPSA) is 71.8 Å². The number of nitrogens with zero attached hydrogens (tertiary/aromatic N) is 1. The first-order chi connectivity index (χ1) is 10.1. The Morgan fingerprint density at radius 1 is 1.27 bits per heavy atom. The van der Waals surface area contributed by atoms with Gasteiger partial charge in [0, 0.05) is 13.0 Å². The molecule has 22 heavy (non-hydrogen) atoms. The summed E-state index contributed by atoms with van der Waals surface area (Å²) in [6.07, 6.45) is 2.83. The van der Waals surface area contributed by atoms with Crippen molar-refractivity contribution < 1.29 is 18.8 Å². The number of hydrogen-bond acceptors (Lipinski definition) is 5. The van der Waals surface area contributed by atoms with Crippen LogP contribution in [-0.4, -0.2) is 34.1 Å².